The van der Waals surface area contributed by atoms with E-state index in [1.807, 2.05) is 60.7 Å². The van der Waals surface area contributed by atoms with E-state index in [0.29, 0.717) is 25.9 Å². The average molecular weight is 350 g/mol. The van der Waals surface area contributed by atoms with E-state index in [2.05, 4.69) is 11.0 Å². The van der Waals surface area contributed by atoms with Gasteiger partial charge in [0, 0.05) is 19.6 Å². The van der Waals surface area contributed by atoms with Crippen molar-refractivity contribution in [3.63, 3.8) is 0 Å². The lowest BCUT2D eigenvalue weighted by Crippen LogP contribution is -2.54. The minimum absolute atomic E-state index is 0.429. The van der Waals surface area contributed by atoms with Crippen LogP contribution in [0, 0.1) is 11.3 Å². The largest absolute Gasteiger partial charge is 0.389 e. The summed E-state index contributed by atoms with van der Waals surface area (Å²) >= 11 is 0. The maximum absolute atomic E-state index is 10.2. The summed E-state index contributed by atoms with van der Waals surface area (Å²) in [5.74, 6) is 0. The maximum atomic E-state index is 10.2. The first-order valence-corrected chi connectivity index (χ1v) is 9.13. The van der Waals surface area contributed by atoms with Gasteiger partial charge in [-0.2, -0.15) is 5.26 Å². The topological polar surface area (TPSA) is 67.5 Å². The van der Waals surface area contributed by atoms with Crippen LogP contribution < -0.4 is 0 Å². The molecule has 1 aliphatic heterocycles. The van der Waals surface area contributed by atoms with Crippen molar-refractivity contribution in [2.24, 2.45) is 0 Å². The number of aliphatic hydroxyl groups is 2. The molecule has 2 N–H and O–H groups in total. The number of nitriles is 1. The van der Waals surface area contributed by atoms with Gasteiger partial charge in [0.05, 0.1) is 17.8 Å². The third-order valence-electron chi connectivity index (χ3n) is 5.61. The summed E-state index contributed by atoms with van der Waals surface area (Å²) in [7, 11) is 0. The molecule has 136 valence electrons. The molecule has 2 aromatic carbocycles. The van der Waals surface area contributed by atoms with E-state index in [9.17, 15) is 15.5 Å². The Morgan fingerprint density at radius 1 is 1.12 bits per heavy atom. The zero-order valence-electron chi connectivity index (χ0n) is 15.2. The zero-order valence-corrected chi connectivity index (χ0v) is 15.2. The highest BCUT2D eigenvalue weighted by Crippen LogP contribution is 2.36. The van der Waals surface area contributed by atoms with Crippen LogP contribution in [-0.4, -0.2) is 46.5 Å². The number of piperidine rings is 1. The Kier molecular flexibility index (Phi) is 5.43. The van der Waals surface area contributed by atoms with E-state index < -0.39 is 17.1 Å². The smallest absolute Gasteiger partial charge is 0.108 e. The molecule has 0 aliphatic carbocycles. The highest BCUT2D eigenvalue weighted by Gasteiger charge is 2.39. The van der Waals surface area contributed by atoms with Gasteiger partial charge in [0.2, 0.25) is 0 Å². The quantitative estimate of drug-likeness (QED) is 0.870. The fraction of sp³-hybridized carbons (Fsp3) is 0.409. The van der Waals surface area contributed by atoms with Crippen molar-refractivity contribution < 1.29 is 10.2 Å². The van der Waals surface area contributed by atoms with Crippen LogP contribution in [0.3, 0.4) is 0 Å². The molecule has 1 fully saturated rings. The second-order valence-electron chi connectivity index (χ2n) is 7.42. The van der Waals surface area contributed by atoms with Gasteiger partial charge < -0.3 is 15.1 Å². The molecular weight excluding hydrogens is 324 g/mol. The van der Waals surface area contributed by atoms with Gasteiger partial charge in [-0.15, -0.1) is 0 Å². The Labute approximate surface area is 155 Å². The number of benzene rings is 2. The summed E-state index contributed by atoms with van der Waals surface area (Å²) in [6, 6.07) is 22.4. The summed E-state index contributed by atoms with van der Waals surface area (Å²) in [5.41, 5.74) is 0.214. The van der Waals surface area contributed by atoms with Gasteiger partial charge in [-0.25, -0.2) is 0 Å². The first-order valence-electron chi connectivity index (χ1n) is 9.13. The lowest BCUT2D eigenvalue weighted by atomic mass is 9.73. The molecule has 1 heterocycles. The molecule has 2 aromatic rings. The highest BCUT2D eigenvalue weighted by molar-refractivity contribution is 5.45. The van der Waals surface area contributed by atoms with Crippen LogP contribution >= 0.6 is 0 Å². The minimum atomic E-state index is -1.03. The number of hydrogen-bond donors (Lipinski definition) is 2. The van der Waals surface area contributed by atoms with Crippen molar-refractivity contribution in [2.45, 2.75) is 36.9 Å². The van der Waals surface area contributed by atoms with Crippen LogP contribution in [0.2, 0.25) is 0 Å². The molecule has 4 heteroatoms. The van der Waals surface area contributed by atoms with E-state index in [0.717, 1.165) is 17.7 Å². The SMILES string of the molecule is C[C@@]1(O)CCN(CCC(C#N)(c2ccccc2)c2ccccc2)C[C@@H]1O. The van der Waals surface area contributed by atoms with Gasteiger partial charge in [0.1, 0.15) is 5.41 Å². The standard InChI is InChI=1S/C22H26N2O2/c1-21(26)12-14-24(16-20(21)25)15-13-22(17-23,18-8-4-2-5-9-18)19-10-6-3-7-11-19/h2-11,20,25-26H,12-16H2,1H3/t20-,21+/m0/s1. The Hall–Kier alpha value is -2.19. The van der Waals surface area contributed by atoms with E-state index in [4.69, 9.17) is 0 Å². The van der Waals surface area contributed by atoms with Crippen molar-refractivity contribution in [3.8, 4) is 6.07 Å². The number of rotatable bonds is 5. The van der Waals surface area contributed by atoms with Crippen molar-refractivity contribution >= 4 is 0 Å². The van der Waals surface area contributed by atoms with E-state index in [1.54, 1.807) is 6.92 Å². The van der Waals surface area contributed by atoms with E-state index in [1.165, 1.54) is 0 Å². The predicted octanol–water partition coefficient (Wildman–Crippen LogP) is 2.70. The Balaban J connectivity index is 1.85. The third kappa shape index (κ3) is 3.66. The van der Waals surface area contributed by atoms with Crippen LogP contribution in [0.1, 0.15) is 30.9 Å². The molecular formula is C22H26N2O2. The van der Waals surface area contributed by atoms with Crippen LogP contribution in [-0.2, 0) is 5.41 Å². The normalized spacial score (nSPS) is 24.2. The fourth-order valence-corrected chi connectivity index (χ4v) is 3.70. The monoisotopic (exact) mass is 350 g/mol. The molecule has 4 nitrogen and oxygen atoms in total. The molecule has 0 amide bonds. The van der Waals surface area contributed by atoms with Gasteiger partial charge in [0.25, 0.3) is 0 Å². The van der Waals surface area contributed by atoms with Gasteiger partial charge in [-0.05, 0) is 30.9 Å². The van der Waals surface area contributed by atoms with Gasteiger partial charge >= 0.3 is 0 Å². The zero-order chi connectivity index (χ0) is 18.6. The average Bonchev–Trinajstić information content (AvgIpc) is 2.67. The van der Waals surface area contributed by atoms with Crippen molar-refractivity contribution in [1.29, 1.82) is 5.26 Å². The first-order chi connectivity index (χ1) is 12.5. The molecule has 2 atom stereocenters. The summed E-state index contributed by atoms with van der Waals surface area (Å²) in [5, 5.41) is 30.5. The van der Waals surface area contributed by atoms with Crippen molar-refractivity contribution in [3.05, 3.63) is 71.8 Å². The van der Waals surface area contributed by atoms with E-state index >= 15 is 0 Å². The number of nitrogens with zero attached hydrogens (tertiary/aromatic N) is 2. The number of β-amino-alcohol motifs (C(OH)–C–C–N with tert-alkyl or cyclic N) is 1. The minimum Gasteiger partial charge on any atom is -0.389 e. The van der Waals surface area contributed by atoms with Gasteiger partial charge in [-0.1, -0.05) is 60.7 Å². The Bertz CT molecular complexity index is 713. The molecule has 0 unspecified atom stereocenters. The highest BCUT2D eigenvalue weighted by atomic mass is 16.3. The number of likely N-dealkylation sites (tertiary alicyclic amines) is 1. The molecule has 1 saturated heterocycles. The van der Waals surface area contributed by atoms with Crippen LogP contribution in [0.4, 0.5) is 0 Å². The third-order valence-corrected chi connectivity index (χ3v) is 5.61. The van der Waals surface area contributed by atoms with Gasteiger partial charge in [-0.3, -0.25) is 0 Å². The second-order valence-corrected chi connectivity index (χ2v) is 7.42. The Morgan fingerprint density at radius 3 is 2.12 bits per heavy atom. The second kappa shape index (κ2) is 7.59. The maximum Gasteiger partial charge on any atom is 0.108 e. The first kappa shape index (κ1) is 18.6. The Morgan fingerprint density at radius 2 is 1.65 bits per heavy atom. The number of hydrogen-bond acceptors (Lipinski definition) is 4. The molecule has 0 saturated carbocycles. The van der Waals surface area contributed by atoms with Crippen LogP contribution in [0.15, 0.2) is 60.7 Å². The van der Waals surface area contributed by atoms with Crippen LogP contribution in [0.5, 0.6) is 0 Å². The number of aliphatic hydroxyl groups excluding tert-OH is 1. The molecule has 0 aromatic heterocycles. The van der Waals surface area contributed by atoms with Crippen LogP contribution in [0.25, 0.3) is 0 Å². The molecule has 26 heavy (non-hydrogen) atoms. The van der Waals surface area contributed by atoms with Crippen molar-refractivity contribution in [2.75, 3.05) is 19.6 Å². The lowest BCUT2D eigenvalue weighted by molar-refractivity contribution is -0.107. The molecule has 0 radical (unpaired) electrons. The fourth-order valence-electron chi connectivity index (χ4n) is 3.70. The molecule has 3 rings (SSSR count). The summed E-state index contributed by atoms with van der Waals surface area (Å²) < 4.78 is 0. The predicted molar refractivity (Wildman–Crippen MR) is 102 cm³/mol. The summed E-state index contributed by atoms with van der Waals surface area (Å²) in [6.45, 7) is 3.51. The molecule has 1 aliphatic rings. The van der Waals surface area contributed by atoms with Crippen molar-refractivity contribution in [1.82, 2.24) is 4.90 Å². The van der Waals surface area contributed by atoms with Gasteiger partial charge in [0.15, 0.2) is 0 Å². The summed E-state index contributed by atoms with van der Waals surface area (Å²) in [4.78, 5) is 2.14. The molecule has 0 spiro atoms. The molecule has 0 bridgehead atoms. The van der Waals surface area contributed by atoms with E-state index in [-0.39, 0.29) is 0 Å². The lowest BCUT2D eigenvalue weighted by Gasteiger charge is -2.41. The summed E-state index contributed by atoms with van der Waals surface area (Å²) in [6.07, 6.45) is 0.401.